The van der Waals surface area contributed by atoms with Crippen molar-refractivity contribution in [2.75, 3.05) is 19.6 Å². The van der Waals surface area contributed by atoms with E-state index in [0.29, 0.717) is 17.9 Å². The molecule has 1 N–H and O–H groups in total. The Morgan fingerprint density at radius 2 is 1.90 bits per heavy atom. The Labute approximate surface area is 230 Å². The molecule has 6 nitrogen and oxygen atoms in total. The Morgan fingerprint density at radius 3 is 2.62 bits per heavy atom. The van der Waals surface area contributed by atoms with Gasteiger partial charge >= 0.3 is 12.1 Å². The van der Waals surface area contributed by atoms with Gasteiger partial charge in [0.05, 0.1) is 11.0 Å². The van der Waals surface area contributed by atoms with Gasteiger partial charge in [0, 0.05) is 29.6 Å². The SMILES string of the molecule is O=C(O)C1(CN2CCC3(CCc4c(-c5noc(-c6ccc(C7CCCC7)c(C(F)(F)F)c6)n5)cccc43)C2)CC1. The Morgan fingerprint density at radius 1 is 1.10 bits per heavy atom. The van der Waals surface area contributed by atoms with Crippen molar-refractivity contribution in [3.05, 3.63) is 58.7 Å². The van der Waals surface area contributed by atoms with Crippen LogP contribution in [0.4, 0.5) is 13.2 Å². The van der Waals surface area contributed by atoms with Gasteiger partial charge in [-0.1, -0.05) is 42.3 Å². The molecule has 1 unspecified atom stereocenters. The first-order chi connectivity index (χ1) is 19.2. The van der Waals surface area contributed by atoms with Crippen molar-refractivity contribution >= 4 is 5.97 Å². The number of carboxylic acid groups (broad SMARTS) is 1. The zero-order valence-electron chi connectivity index (χ0n) is 22.3. The molecule has 3 fully saturated rings. The van der Waals surface area contributed by atoms with Gasteiger partial charge < -0.3 is 14.5 Å². The first-order valence-electron chi connectivity index (χ1n) is 14.3. The smallest absolute Gasteiger partial charge is 0.416 e. The summed E-state index contributed by atoms with van der Waals surface area (Å²) in [6.07, 6.45) is 3.33. The minimum Gasteiger partial charge on any atom is -0.481 e. The predicted octanol–water partition coefficient (Wildman–Crippen LogP) is 6.83. The van der Waals surface area contributed by atoms with E-state index in [1.54, 1.807) is 12.1 Å². The lowest BCUT2D eigenvalue weighted by Crippen LogP contribution is -2.35. The zero-order valence-corrected chi connectivity index (χ0v) is 22.3. The van der Waals surface area contributed by atoms with E-state index in [0.717, 1.165) is 88.1 Å². The van der Waals surface area contributed by atoms with E-state index >= 15 is 0 Å². The molecule has 7 rings (SSSR count). The predicted molar refractivity (Wildman–Crippen MR) is 142 cm³/mol. The lowest BCUT2D eigenvalue weighted by Gasteiger charge is -2.27. The van der Waals surface area contributed by atoms with Crippen LogP contribution in [-0.2, 0) is 22.8 Å². The second kappa shape index (κ2) is 9.16. The van der Waals surface area contributed by atoms with Crippen molar-refractivity contribution in [2.24, 2.45) is 5.41 Å². The monoisotopic (exact) mass is 551 g/mol. The van der Waals surface area contributed by atoms with E-state index in [-0.39, 0.29) is 22.8 Å². The van der Waals surface area contributed by atoms with E-state index in [4.69, 9.17) is 4.52 Å². The summed E-state index contributed by atoms with van der Waals surface area (Å²) in [4.78, 5) is 18.6. The topological polar surface area (TPSA) is 79.5 Å². The average molecular weight is 552 g/mol. The fraction of sp³-hybridized carbons (Fsp3) is 0.516. The number of rotatable bonds is 6. The lowest BCUT2D eigenvalue weighted by molar-refractivity contribution is -0.144. The Hall–Kier alpha value is -3.20. The van der Waals surface area contributed by atoms with Crippen LogP contribution in [0.25, 0.3) is 22.8 Å². The average Bonchev–Trinajstić information content (AvgIpc) is 3.42. The molecule has 0 radical (unpaired) electrons. The van der Waals surface area contributed by atoms with E-state index in [1.165, 1.54) is 5.56 Å². The number of aromatic nitrogens is 2. The van der Waals surface area contributed by atoms with E-state index in [9.17, 15) is 23.1 Å². The standard InChI is InChI=1S/C31H32F3N3O3/c32-31(33,34)25-16-20(8-9-21(25)19-4-1-2-5-19)27-35-26(36-40-27)23-6-3-7-24-22(23)10-11-29(24)14-15-37(17-29)18-30(12-13-30)28(38)39/h3,6-9,16,19H,1-2,4-5,10-15,17-18H2,(H,38,39). The molecule has 1 aliphatic heterocycles. The Balaban J connectivity index is 1.16. The van der Waals surface area contributed by atoms with E-state index in [1.807, 2.05) is 12.1 Å². The highest BCUT2D eigenvalue weighted by Gasteiger charge is 2.54. The van der Waals surface area contributed by atoms with Crippen molar-refractivity contribution in [2.45, 2.75) is 75.3 Å². The highest BCUT2D eigenvalue weighted by molar-refractivity contribution is 5.78. The molecule has 1 saturated heterocycles. The van der Waals surface area contributed by atoms with Crippen LogP contribution in [0, 0.1) is 5.41 Å². The maximum Gasteiger partial charge on any atom is 0.416 e. The van der Waals surface area contributed by atoms with Crippen LogP contribution in [0.15, 0.2) is 40.9 Å². The van der Waals surface area contributed by atoms with Crippen LogP contribution in [0.1, 0.15) is 79.5 Å². The van der Waals surface area contributed by atoms with Crippen LogP contribution in [0.2, 0.25) is 0 Å². The second-order valence-electron chi connectivity index (χ2n) is 12.4. The summed E-state index contributed by atoms with van der Waals surface area (Å²) in [5.41, 5.74) is 2.69. The molecule has 1 aromatic heterocycles. The fourth-order valence-corrected chi connectivity index (χ4v) is 7.57. The highest BCUT2D eigenvalue weighted by Crippen LogP contribution is 2.51. The minimum atomic E-state index is -4.45. The van der Waals surface area contributed by atoms with Crippen molar-refractivity contribution in [3.8, 4) is 22.8 Å². The summed E-state index contributed by atoms with van der Waals surface area (Å²) >= 11 is 0. The molecule has 1 spiro atoms. The van der Waals surface area contributed by atoms with Crippen LogP contribution in [0.3, 0.4) is 0 Å². The van der Waals surface area contributed by atoms with Crippen molar-refractivity contribution in [1.29, 1.82) is 0 Å². The molecule has 0 amide bonds. The summed E-state index contributed by atoms with van der Waals surface area (Å²) < 4.78 is 47.6. The van der Waals surface area contributed by atoms with Gasteiger partial charge in [0.15, 0.2) is 0 Å². The van der Waals surface area contributed by atoms with Crippen molar-refractivity contribution in [1.82, 2.24) is 15.0 Å². The first-order valence-corrected chi connectivity index (χ1v) is 14.3. The second-order valence-corrected chi connectivity index (χ2v) is 12.4. The summed E-state index contributed by atoms with van der Waals surface area (Å²) in [6, 6.07) is 10.5. The summed E-state index contributed by atoms with van der Waals surface area (Å²) in [7, 11) is 0. The third-order valence-electron chi connectivity index (χ3n) is 9.93. The number of hydrogen-bond donors (Lipinski definition) is 1. The van der Waals surface area contributed by atoms with Gasteiger partial charge in [-0.25, -0.2) is 0 Å². The van der Waals surface area contributed by atoms with Crippen LogP contribution >= 0.6 is 0 Å². The zero-order chi connectivity index (χ0) is 27.7. The third kappa shape index (κ3) is 4.24. The summed E-state index contributed by atoms with van der Waals surface area (Å²) in [5.74, 6) is -0.284. The Bertz CT molecular complexity index is 1470. The minimum absolute atomic E-state index is 0.0236. The van der Waals surface area contributed by atoms with Crippen molar-refractivity contribution in [3.63, 3.8) is 0 Å². The molecule has 3 aliphatic carbocycles. The number of carboxylic acids is 1. The highest BCUT2D eigenvalue weighted by atomic mass is 19.4. The van der Waals surface area contributed by atoms with Gasteiger partial charge in [-0.2, -0.15) is 18.2 Å². The molecule has 4 aliphatic rings. The number of nitrogens with zero attached hydrogens (tertiary/aromatic N) is 3. The maximum atomic E-state index is 14.0. The van der Waals surface area contributed by atoms with Gasteiger partial charge in [-0.3, -0.25) is 4.79 Å². The van der Waals surface area contributed by atoms with Gasteiger partial charge in [0.2, 0.25) is 5.82 Å². The Kier molecular flexibility index (Phi) is 5.90. The normalized spacial score (nSPS) is 24.2. The largest absolute Gasteiger partial charge is 0.481 e. The molecule has 2 aromatic carbocycles. The summed E-state index contributed by atoms with van der Waals surface area (Å²) in [6.45, 7) is 2.32. The van der Waals surface area contributed by atoms with Crippen LogP contribution in [-0.4, -0.2) is 45.8 Å². The van der Waals surface area contributed by atoms with Gasteiger partial charge in [-0.05, 0) is 86.2 Å². The number of benzene rings is 2. The number of carbonyl (C=O) groups is 1. The van der Waals surface area contributed by atoms with Crippen molar-refractivity contribution < 1.29 is 27.6 Å². The van der Waals surface area contributed by atoms with Crippen LogP contribution < -0.4 is 0 Å². The maximum absolute atomic E-state index is 14.0. The first kappa shape index (κ1) is 25.7. The number of fused-ring (bicyclic) bond motifs is 2. The molecule has 0 bridgehead atoms. The van der Waals surface area contributed by atoms with Gasteiger partial charge in [0.1, 0.15) is 0 Å². The van der Waals surface area contributed by atoms with Crippen LogP contribution in [0.5, 0.6) is 0 Å². The third-order valence-corrected chi connectivity index (χ3v) is 9.93. The number of aliphatic carboxylic acids is 1. The molecule has 3 aromatic rings. The fourth-order valence-electron chi connectivity index (χ4n) is 7.57. The summed E-state index contributed by atoms with van der Waals surface area (Å²) in [5, 5.41) is 13.8. The molecule has 9 heteroatoms. The van der Waals surface area contributed by atoms with E-state index in [2.05, 4.69) is 21.1 Å². The molecular formula is C31H32F3N3O3. The number of likely N-dealkylation sites (tertiary alicyclic amines) is 1. The molecular weight excluding hydrogens is 519 g/mol. The number of halogens is 3. The molecule has 2 heterocycles. The van der Waals surface area contributed by atoms with Gasteiger partial charge in [0.25, 0.3) is 5.89 Å². The quantitative estimate of drug-likeness (QED) is 0.362. The molecule has 2 saturated carbocycles. The van der Waals surface area contributed by atoms with E-state index < -0.39 is 23.1 Å². The van der Waals surface area contributed by atoms with Gasteiger partial charge in [-0.15, -0.1) is 0 Å². The molecule has 40 heavy (non-hydrogen) atoms. The molecule has 1 atom stereocenters. The number of alkyl halides is 3. The number of hydrogen-bond acceptors (Lipinski definition) is 5. The lowest BCUT2D eigenvalue weighted by atomic mass is 9.81. The molecule has 210 valence electrons.